The predicted molar refractivity (Wildman–Crippen MR) is 107 cm³/mol. The van der Waals surface area contributed by atoms with Crippen LogP contribution in [0.15, 0.2) is 53.4 Å². The van der Waals surface area contributed by atoms with Gasteiger partial charge in [-0.15, -0.1) is 11.8 Å². The van der Waals surface area contributed by atoms with E-state index in [4.69, 9.17) is 23.2 Å². The molecule has 0 radical (unpaired) electrons. The fourth-order valence-corrected chi connectivity index (χ4v) is 4.01. The van der Waals surface area contributed by atoms with E-state index in [0.717, 1.165) is 22.0 Å². The van der Waals surface area contributed by atoms with Gasteiger partial charge >= 0.3 is 0 Å². The van der Waals surface area contributed by atoms with E-state index in [0.29, 0.717) is 16.6 Å². The zero-order valence-electron chi connectivity index (χ0n) is 13.3. The van der Waals surface area contributed by atoms with Crippen molar-refractivity contribution in [2.45, 2.75) is 22.8 Å². The molecule has 0 aliphatic carbocycles. The number of carbonyl (C=O) groups excluding carboxylic acids is 1. The number of halogens is 2. The lowest BCUT2D eigenvalue weighted by Gasteiger charge is -2.12. The Labute approximate surface area is 161 Å². The summed E-state index contributed by atoms with van der Waals surface area (Å²) in [4.78, 5) is 13.2. The zero-order valence-corrected chi connectivity index (χ0v) is 16.4. The van der Waals surface area contributed by atoms with Crippen molar-refractivity contribution in [1.29, 1.82) is 0 Å². The van der Waals surface area contributed by atoms with Gasteiger partial charge in [0.2, 0.25) is 5.91 Å². The minimum absolute atomic E-state index is 0.0685. The molecule has 0 bridgehead atoms. The Morgan fingerprint density at radius 1 is 1.12 bits per heavy atom. The molecule has 2 nitrogen and oxygen atoms in total. The molecule has 0 heterocycles. The topological polar surface area (TPSA) is 29.1 Å². The maximum atomic E-state index is 12.1. The Morgan fingerprint density at radius 3 is 2.58 bits per heavy atom. The summed E-state index contributed by atoms with van der Waals surface area (Å²) in [6.45, 7) is 2.58. The van der Waals surface area contributed by atoms with Crippen LogP contribution in [0.3, 0.4) is 0 Å². The molecule has 0 aliphatic heterocycles. The Kier molecular flexibility index (Phi) is 8.33. The van der Waals surface area contributed by atoms with Crippen molar-refractivity contribution in [3.8, 4) is 0 Å². The molecule has 0 aromatic heterocycles. The summed E-state index contributed by atoms with van der Waals surface area (Å²) in [5.41, 5.74) is 1.13. The molecule has 0 aliphatic rings. The predicted octanol–water partition coefficient (Wildman–Crippen LogP) is 5.52. The maximum absolute atomic E-state index is 12.1. The molecule has 2 rings (SSSR count). The van der Waals surface area contributed by atoms with Crippen LogP contribution in [0.25, 0.3) is 0 Å². The highest BCUT2D eigenvalue weighted by molar-refractivity contribution is 8.00. The van der Waals surface area contributed by atoms with Crippen molar-refractivity contribution in [1.82, 2.24) is 5.32 Å². The van der Waals surface area contributed by atoms with Gasteiger partial charge in [0.25, 0.3) is 0 Å². The van der Waals surface area contributed by atoms with Crippen molar-refractivity contribution < 1.29 is 4.79 Å². The summed E-state index contributed by atoms with van der Waals surface area (Å²) >= 11 is 15.2. The fraction of sp³-hybridized carbons (Fsp3) is 0.278. The molecule has 1 N–H and O–H groups in total. The summed E-state index contributed by atoms with van der Waals surface area (Å²) in [7, 11) is 0. The van der Waals surface area contributed by atoms with E-state index in [1.807, 2.05) is 55.5 Å². The van der Waals surface area contributed by atoms with Crippen LogP contribution < -0.4 is 5.32 Å². The second-order valence-electron chi connectivity index (χ2n) is 5.17. The highest BCUT2D eigenvalue weighted by atomic mass is 35.5. The molecule has 128 valence electrons. The number of nitrogens with one attached hydrogen (secondary N) is 1. The number of rotatable bonds is 8. The highest BCUT2D eigenvalue weighted by Crippen LogP contribution is 2.25. The lowest BCUT2D eigenvalue weighted by Crippen LogP contribution is -2.32. The summed E-state index contributed by atoms with van der Waals surface area (Å²) < 4.78 is 0. The third-order valence-corrected chi connectivity index (χ3v) is 6.10. The number of carbonyl (C=O) groups is 1. The first-order valence-electron chi connectivity index (χ1n) is 7.57. The van der Waals surface area contributed by atoms with Crippen LogP contribution in [0.4, 0.5) is 0 Å². The molecule has 6 heteroatoms. The Bertz CT molecular complexity index is 667. The van der Waals surface area contributed by atoms with Gasteiger partial charge < -0.3 is 5.32 Å². The van der Waals surface area contributed by atoms with Crippen molar-refractivity contribution in [2.24, 2.45) is 0 Å². The largest absolute Gasteiger partial charge is 0.354 e. The number of hydrogen-bond donors (Lipinski definition) is 1. The minimum Gasteiger partial charge on any atom is -0.354 e. The fourth-order valence-electron chi connectivity index (χ4n) is 1.97. The van der Waals surface area contributed by atoms with Gasteiger partial charge in [-0.2, -0.15) is 11.8 Å². The Hall–Kier alpha value is -0.810. The van der Waals surface area contributed by atoms with Crippen LogP contribution >= 0.6 is 46.7 Å². The molecule has 2 aromatic rings. The summed E-state index contributed by atoms with van der Waals surface area (Å²) in [6.07, 6.45) is 0. The molecule has 0 spiro atoms. The second-order valence-corrected chi connectivity index (χ2v) is 8.50. The molecule has 24 heavy (non-hydrogen) atoms. The quantitative estimate of drug-likeness (QED) is 0.467. The maximum Gasteiger partial charge on any atom is 0.233 e. The average molecular weight is 400 g/mol. The zero-order chi connectivity index (χ0) is 17.4. The SMILES string of the molecule is C[C@H](Sc1ccccc1)C(=O)NCCSCc1ccc(Cl)c(Cl)c1. The lowest BCUT2D eigenvalue weighted by molar-refractivity contribution is -0.120. The van der Waals surface area contributed by atoms with E-state index < -0.39 is 0 Å². The van der Waals surface area contributed by atoms with Crippen LogP contribution in [-0.2, 0) is 10.5 Å². The normalized spacial score (nSPS) is 12.0. The van der Waals surface area contributed by atoms with Gasteiger partial charge in [-0.1, -0.05) is 47.5 Å². The molecule has 1 amide bonds. The van der Waals surface area contributed by atoms with Gasteiger partial charge in [0.05, 0.1) is 15.3 Å². The van der Waals surface area contributed by atoms with Gasteiger partial charge in [0, 0.05) is 22.9 Å². The van der Waals surface area contributed by atoms with Crippen molar-refractivity contribution in [3.63, 3.8) is 0 Å². The molecule has 1 atom stereocenters. The number of thioether (sulfide) groups is 2. The van der Waals surface area contributed by atoms with Crippen molar-refractivity contribution in [2.75, 3.05) is 12.3 Å². The van der Waals surface area contributed by atoms with E-state index in [2.05, 4.69) is 5.32 Å². The molecule has 0 unspecified atom stereocenters. The van der Waals surface area contributed by atoms with E-state index in [-0.39, 0.29) is 11.2 Å². The summed E-state index contributed by atoms with van der Waals surface area (Å²) in [5, 5.41) is 4.03. The van der Waals surface area contributed by atoms with Gasteiger partial charge in [-0.05, 0) is 36.8 Å². The van der Waals surface area contributed by atoms with E-state index >= 15 is 0 Å². The summed E-state index contributed by atoms with van der Waals surface area (Å²) in [6, 6.07) is 15.6. The van der Waals surface area contributed by atoms with Crippen LogP contribution in [0.1, 0.15) is 12.5 Å². The first-order chi connectivity index (χ1) is 11.6. The first-order valence-corrected chi connectivity index (χ1v) is 10.4. The van der Waals surface area contributed by atoms with Gasteiger partial charge in [-0.25, -0.2) is 0 Å². The Morgan fingerprint density at radius 2 is 1.88 bits per heavy atom. The Balaban J connectivity index is 1.64. The highest BCUT2D eigenvalue weighted by Gasteiger charge is 2.13. The monoisotopic (exact) mass is 399 g/mol. The van der Waals surface area contributed by atoms with Gasteiger partial charge in [0.1, 0.15) is 0 Å². The van der Waals surface area contributed by atoms with Crippen LogP contribution in [-0.4, -0.2) is 23.5 Å². The van der Waals surface area contributed by atoms with Crippen molar-refractivity contribution in [3.05, 3.63) is 64.1 Å². The van der Waals surface area contributed by atoms with Gasteiger partial charge in [-0.3, -0.25) is 4.79 Å². The van der Waals surface area contributed by atoms with Crippen LogP contribution in [0.5, 0.6) is 0 Å². The van der Waals surface area contributed by atoms with Gasteiger partial charge in [0.15, 0.2) is 0 Å². The first kappa shape index (κ1) is 19.5. The third-order valence-electron chi connectivity index (χ3n) is 3.22. The average Bonchev–Trinajstić information content (AvgIpc) is 2.58. The van der Waals surface area contributed by atoms with E-state index in [9.17, 15) is 4.79 Å². The van der Waals surface area contributed by atoms with Crippen LogP contribution in [0.2, 0.25) is 10.0 Å². The standard InChI is InChI=1S/C18H19Cl2NOS2/c1-13(24-15-5-3-2-4-6-15)18(22)21-9-10-23-12-14-7-8-16(19)17(20)11-14/h2-8,11,13H,9-10,12H2,1H3,(H,21,22)/t13-/m0/s1. The number of hydrogen-bond acceptors (Lipinski definition) is 3. The smallest absolute Gasteiger partial charge is 0.233 e. The molecule has 0 saturated carbocycles. The third kappa shape index (κ3) is 6.60. The summed E-state index contributed by atoms with van der Waals surface area (Å²) in [5.74, 6) is 1.77. The number of amides is 1. The van der Waals surface area contributed by atoms with E-state index in [1.165, 1.54) is 0 Å². The second kappa shape index (κ2) is 10.2. The van der Waals surface area contributed by atoms with Crippen molar-refractivity contribution >= 4 is 52.6 Å². The van der Waals surface area contributed by atoms with E-state index in [1.54, 1.807) is 23.5 Å². The molecule has 0 saturated heterocycles. The van der Waals surface area contributed by atoms with Crippen LogP contribution in [0, 0.1) is 0 Å². The molecule has 2 aromatic carbocycles. The minimum atomic E-state index is -0.104. The molecule has 0 fully saturated rings. The lowest BCUT2D eigenvalue weighted by atomic mass is 10.2. The molecular weight excluding hydrogens is 381 g/mol. The number of benzene rings is 2. The molecular formula is C18H19Cl2NOS2.